The Morgan fingerprint density at radius 2 is 1.81 bits per heavy atom. The van der Waals surface area contributed by atoms with Crippen molar-refractivity contribution in [3.05, 3.63) is 104 Å². The molecule has 0 atom stereocenters. The molecule has 0 saturated carbocycles. The lowest BCUT2D eigenvalue weighted by molar-refractivity contribution is 0.313. The van der Waals surface area contributed by atoms with E-state index >= 15 is 0 Å². The minimum atomic E-state index is 0.816. The third-order valence-electron chi connectivity index (χ3n) is 7.56. The number of piperazine rings is 1. The van der Waals surface area contributed by atoms with Gasteiger partial charge in [-0.1, -0.05) is 18.7 Å². The Bertz CT molecular complexity index is 1800. The molecule has 1 aliphatic rings. The number of aromatic nitrogens is 5. The summed E-state index contributed by atoms with van der Waals surface area (Å²) in [5, 5.41) is 11.9. The van der Waals surface area contributed by atoms with Crippen molar-refractivity contribution < 1.29 is 0 Å². The second-order valence-corrected chi connectivity index (χ2v) is 10.3. The van der Waals surface area contributed by atoms with Crippen LogP contribution in [-0.2, 0) is 0 Å². The summed E-state index contributed by atoms with van der Waals surface area (Å²) < 4.78 is 1.87. The Morgan fingerprint density at radius 3 is 2.57 bits per heavy atom. The summed E-state index contributed by atoms with van der Waals surface area (Å²) in [5.74, 6) is 0.816. The number of fused-ring (bicyclic) bond motifs is 2. The van der Waals surface area contributed by atoms with E-state index in [2.05, 4.69) is 91.6 Å². The summed E-state index contributed by atoms with van der Waals surface area (Å²) in [5.41, 5.74) is 8.47. The van der Waals surface area contributed by atoms with Crippen molar-refractivity contribution in [3.63, 3.8) is 0 Å². The smallest absolute Gasteiger partial charge is 0.140 e. The van der Waals surface area contributed by atoms with E-state index in [4.69, 9.17) is 4.98 Å². The van der Waals surface area contributed by atoms with Crippen molar-refractivity contribution in [2.75, 3.05) is 55.8 Å². The SMILES string of the molecule is C=Cc1cnn2ccc(-c3c[nH]c4nc(Nc5cccc(N6CCN(C)CC6)c5)ccc34)cc12.CNc1cccnc1. The maximum absolute atomic E-state index is 4.83. The summed E-state index contributed by atoms with van der Waals surface area (Å²) in [6.45, 7) is 8.18. The van der Waals surface area contributed by atoms with Crippen molar-refractivity contribution in [2.45, 2.75) is 0 Å². The van der Waals surface area contributed by atoms with Gasteiger partial charge >= 0.3 is 0 Å². The van der Waals surface area contributed by atoms with E-state index in [0.29, 0.717) is 0 Å². The van der Waals surface area contributed by atoms with Crippen molar-refractivity contribution in [2.24, 2.45) is 0 Å². The quantitative estimate of drug-likeness (QED) is 0.227. The predicted octanol–water partition coefficient (Wildman–Crippen LogP) is 6.14. The number of aromatic amines is 1. The molecule has 7 rings (SSSR count). The highest BCUT2D eigenvalue weighted by atomic mass is 15.2. The van der Waals surface area contributed by atoms with Crippen LogP contribution in [-0.4, -0.2) is 69.7 Å². The number of rotatable bonds is 6. The Morgan fingerprint density at radius 1 is 0.952 bits per heavy atom. The van der Waals surface area contributed by atoms with Gasteiger partial charge in [-0.05, 0) is 67.2 Å². The number of nitrogens with zero attached hydrogens (tertiary/aromatic N) is 6. The number of H-pyrrole nitrogens is 1. The summed E-state index contributed by atoms with van der Waals surface area (Å²) in [6.07, 6.45) is 11.2. The molecule has 42 heavy (non-hydrogen) atoms. The number of nitrogens with one attached hydrogen (secondary N) is 3. The summed E-state index contributed by atoms with van der Waals surface area (Å²) in [4.78, 5) is 16.9. The highest BCUT2D eigenvalue weighted by Gasteiger charge is 2.15. The highest BCUT2D eigenvalue weighted by Crippen LogP contribution is 2.31. The maximum Gasteiger partial charge on any atom is 0.140 e. The third kappa shape index (κ3) is 5.82. The molecule has 5 aromatic heterocycles. The number of likely N-dealkylation sites (N-methyl/N-ethyl adjacent to an activating group) is 1. The third-order valence-corrected chi connectivity index (χ3v) is 7.56. The molecular formula is C33H35N9. The van der Waals surface area contributed by atoms with Crippen LogP contribution < -0.4 is 15.5 Å². The van der Waals surface area contributed by atoms with Gasteiger partial charge in [-0.2, -0.15) is 5.10 Å². The number of benzene rings is 1. The highest BCUT2D eigenvalue weighted by molar-refractivity contribution is 5.95. The zero-order valence-electron chi connectivity index (χ0n) is 24.0. The molecular weight excluding hydrogens is 522 g/mol. The first-order chi connectivity index (χ1) is 20.6. The van der Waals surface area contributed by atoms with Crippen molar-refractivity contribution in [1.82, 2.24) is 29.5 Å². The van der Waals surface area contributed by atoms with Crippen molar-refractivity contribution >= 4 is 45.5 Å². The second kappa shape index (κ2) is 12.2. The van der Waals surface area contributed by atoms with E-state index in [1.165, 1.54) is 5.69 Å². The van der Waals surface area contributed by atoms with Crippen LogP contribution in [0.3, 0.4) is 0 Å². The van der Waals surface area contributed by atoms with Gasteiger partial charge in [-0.15, -0.1) is 0 Å². The molecule has 1 fully saturated rings. The molecule has 1 aromatic carbocycles. The predicted molar refractivity (Wildman–Crippen MR) is 174 cm³/mol. The molecule has 9 heteroatoms. The molecule has 6 heterocycles. The zero-order chi connectivity index (χ0) is 28.9. The fraction of sp³-hybridized carbons (Fsp3) is 0.182. The largest absolute Gasteiger partial charge is 0.387 e. The standard InChI is InChI=1S/C27H27N7.C6H8N2/c1-3-19-17-29-34-10-9-20(15-25(19)34)24-18-28-27-23(24)7-8-26(31-27)30-21-5-4-6-22(16-21)33-13-11-32(2)12-14-33;1-7-6-3-2-4-8-5-6/h3-10,15-18H,1,11-14H2,2H3,(H2,28,30,31);2-5,7H,1H3. The van der Waals surface area contributed by atoms with Crippen LogP contribution in [0.1, 0.15) is 5.56 Å². The lowest BCUT2D eigenvalue weighted by Gasteiger charge is -2.34. The van der Waals surface area contributed by atoms with Crippen molar-refractivity contribution in [1.29, 1.82) is 0 Å². The van der Waals surface area contributed by atoms with Gasteiger partial charge in [0, 0.05) is 85.9 Å². The van der Waals surface area contributed by atoms with Crippen LogP contribution in [0.4, 0.5) is 22.9 Å². The molecule has 0 aliphatic carbocycles. The Kier molecular flexibility index (Phi) is 7.83. The summed E-state index contributed by atoms with van der Waals surface area (Å²) in [7, 11) is 4.05. The number of hydrogen-bond acceptors (Lipinski definition) is 7. The van der Waals surface area contributed by atoms with Crippen LogP contribution in [0.5, 0.6) is 0 Å². The molecule has 212 valence electrons. The van der Waals surface area contributed by atoms with Gasteiger partial charge in [0.1, 0.15) is 11.5 Å². The maximum atomic E-state index is 4.83. The molecule has 0 unspecified atom stereocenters. The van der Waals surface area contributed by atoms with Crippen molar-refractivity contribution in [3.8, 4) is 11.1 Å². The van der Waals surface area contributed by atoms with Crippen LogP contribution in [0.15, 0.2) is 98.2 Å². The normalized spacial score (nSPS) is 13.5. The van der Waals surface area contributed by atoms with Crippen LogP contribution in [0, 0.1) is 0 Å². The second-order valence-electron chi connectivity index (χ2n) is 10.3. The lowest BCUT2D eigenvalue weighted by atomic mass is 10.1. The Hall–Kier alpha value is -5.15. The van der Waals surface area contributed by atoms with Gasteiger partial charge in [-0.3, -0.25) is 4.98 Å². The number of pyridine rings is 3. The van der Waals surface area contributed by atoms with Gasteiger partial charge in [0.25, 0.3) is 0 Å². The summed E-state index contributed by atoms with van der Waals surface area (Å²) >= 11 is 0. The van der Waals surface area contributed by atoms with E-state index in [9.17, 15) is 0 Å². The zero-order valence-corrected chi connectivity index (χ0v) is 24.0. The minimum absolute atomic E-state index is 0.816. The average Bonchev–Trinajstić information content (AvgIpc) is 3.65. The van der Waals surface area contributed by atoms with E-state index in [1.54, 1.807) is 12.4 Å². The fourth-order valence-corrected chi connectivity index (χ4v) is 5.14. The number of hydrogen-bond donors (Lipinski definition) is 3. The van der Waals surface area contributed by atoms with E-state index < -0.39 is 0 Å². The average molecular weight is 558 g/mol. The van der Waals surface area contributed by atoms with Gasteiger partial charge < -0.3 is 25.4 Å². The molecule has 1 saturated heterocycles. The van der Waals surface area contributed by atoms with Gasteiger partial charge in [0.2, 0.25) is 0 Å². The molecule has 0 amide bonds. The van der Waals surface area contributed by atoms with Gasteiger partial charge in [0.15, 0.2) is 0 Å². The Labute approximate surface area is 245 Å². The van der Waals surface area contributed by atoms with E-state index in [1.807, 2.05) is 54.4 Å². The lowest BCUT2D eigenvalue weighted by Crippen LogP contribution is -2.44. The molecule has 6 aromatic rings. The summed E-state index contributed by atoms with van der Waals surface area (Å²) in [6, 6.07) is 20.8. The molecule has 1 aliphatic heterocycles. The molecule has 0 spiro atoms. The number of anilines is 4. The molecule has 3 N–H and O–H groups in total. The first-order valence-electron chi connectivity index (χ1n) is 14.1. The van der Waals surface area contributed by atoms with E-state index in [-0.39, 0.29) is 0 Å². The Balaban J connectivity index is 0.000000343. The fourth-order valence-electron chi connectivity index (χ4n) is 5.14. The van der Waals surface area contributed by atoms with Crippen LogP contribution in [0.25, 0.3) is 33.8 Å². The van der Waals surface area contributed by atoms with Gasteiger partial charge in [0.05, 0.1) is 17.4 Å². The minimum Gasteiger partial charge on any atom is -0.387 e. The molecule has 0 bridgehead atoms. The van der Waals surface area contributed by atoms with Gasteiger partial charge in [-0.25, -0.2) is 9.50 Å². The molecule has 9 nitrogen and oxygen atoms in total. The van der Waals surface area contributed by atoms with Crippen LogP contribution >= 0.6 is 0 Å². The van der Waals surface area contributed by atoms with E-state index in [0.717, 1.165) is 76.6 Å². The monoisotopic (exact) mass is 557 g/mol. The molecule has 0 radical (unpaired) electrons. The topological polar surface area (TPSA) is 89.4 Å². The first-order valence-corrected chi connectivity index (χ1v) is 14.1. The van der Waals surface area contributed by atoms with Crippen LogP contribution in [0.2, 0.25) is 0 Å². The first kappa shape index (κ1) is 27.0.